The first-order valence-electron chi connectivity index (χ1n) is 7.96. The van der Waals surface area contributed by atoms with Gasteiger partial charge in [-0.2, -0.15) is 0 Å². The second kappa shape index (κ2) is 6.25. The molecule has 1 saturated heterocycles. The maximum absolute atomic E-state index is 12.4. The van der Waals surface area contributed by atoms with Crippen LogP contribution >= 0.6 is 0 Å². The van der Waals surface area contributed by atoms with Crippen LogP contribution < -0.4 is 5.32 Å². The van der Waals surface area contributed by atoms with E-state index in [4.69, 9.17) is 4.74 Å². The van der Waals surface area contributed by atoms with Crippen LogP contribution in [0.2, 0.25) is 0 Å². The average molecular weight is 352 g/mol. The second-order valence-electron chi connectivity index (χ2n) is 5.91. The van der Waals surface area contributed by atoms with Gasteiger partial charge >= 0.3 is 0 Å². The highest BCUT2D eigenvalue weighted by Gasteiger charge is 2.40. The van der Waals surface area contributed by atoms with Crippen LogP contribution in [0.25, 0.3) is 11.0 Å². The molecule has 0 aliphatic carbocycles. The van der Waals surface area contributed by atoms with Crippen LogP contribution in [-0.4, -0.2) is 42.9 Å². The minimum absolute atomic E-state index is 0.0935. The van der Waals surface area contributed by atoms with Gasteiger partial charge in [0, 0.05) is 11.8 Å². The van der Waals surface area contributed by atoms with Gasteiger partial charge in [0.15, 0.2) is 0 Å². The van der Waals surface area contributed by atoms with E-state index in [0.717, 1.165) is 0 Å². The molecule has 132 valence electrons. The van der Waals surface area contributed by atoms with Crippen molar-refractivity contribution in [2.75, 3.05) is 5.32 Å². The molecule has 0 bridgehead atoms. The summed E-state index contributed by atoms with van der Waals surface area (Å²) in [5.41, 5.74) is 0.960. The summed E-state index contributed by atoms with van der Waals surface area (Å²) in [6.45, 7) is 3.58. The Morgan fingerprint density at radius 1 is 1.19 bits per heavy atom. The van der Waals surface area contributed by atoms with Gasteiger partial charge in [0.2, 0.25) is 6.23 Å². The molecule has 3 N–H and O–H groups in total. The molecule has 0 saturated carbocycles. The highest BCUT2D eigenvalue weighted by atomic mass is 16.5. The Balaban J connectivity index is 1.68. The zero-order valence-corrected chi connectivity index (χ0v) is 13.6. The number of hydrogen-bond donors (Lipinski definition) is 3. The maximum Gasteiger partial charge on any atom is 0.256 e. The van der Waals surface area contributed by atoms with Crippen LogP contribution in [0, 0.1) is 0 Å². The third kappa shape index (κ3) is 2.61. The van der Waals surface area contributed by atoms with Crippen molar-refractivity contribution in [3.8, 4) is 0 Å². The number of carbonyl (C=O) groups excluding carboxylic acids is 1. The van der Waals surface area contributed by atoms with Crippen LogP contribution in [0.4, 0.5) is 5.82 Å². The van der Waals surface area contributed by atoms with Crippen molar-refractivity contribution in [3.63, 3.8) is 0 Å². The van der Waals surface area contributed by atoms with E-state index >= 15 is 0 Å². The molecule has 3 aromatic rings. The van der Waals surface area contributed by atoms with Gasteiger partial charge in [0.25, 0.3) is 5.91 Å². The van der Waals surface area contributed by atoms with Gasteiger partial charge in [0.1, 0.15) is 35.8 Å². The highest BCUT2D eigenvalue weighted by Crippen LogP contribution is 2.34. The number of hydrogen-bond acceptors (Lipinski definition) is 6. The summed E-state index contributed by atoms with van der Waals surface area (Å²) in [4.78, 5) is 20.7. The number of aliphatic hydroxyl groups is 2. The minimum atomic E-state index is -1.17. The first-order chi connectivity index (χ1) is 12.6. The number of amides is 1. The van der Waals surface area contributed by atoms with Crippen LogP contribution in [-0.2, 0) is 4.74 Å². The van der Waals surface area contributed by atoms with Gasteiger partial charge in [-0.1, -0.05) is 24.8 Å². The monoisotopic (exact) mass is 352 g/mol. The molecular weight excluding hydrogens is 336 g/mol. The zero-order chi connectivity index (χ0) is 18.3. The number of aromatic nitrogens is 3. The Kier molecular flexibility index (Phi) is 3.90. The summed E-state index contributed by atoms with van der Waals surface area (Å²) in [6.07, 6.45) is -0.238. The van der Waals surface area contributed by atoms with Crippen molar-refractivity contribution < 1.29 is 19.7 Å². The number of aliphatic hydroxyl groups excluding tert-OH is 2. The van der Waals surface area contributed by atoms with Gasteiger partial charge in [-0.05, 0) is 18.2 Å². The number of fused-ring (bicyclic) bond motifs is 1. The van der Waals surface area contributed by atoms with Gasteiger partial charge in [0.05, 0.1) is 5.39 Å². The lowest BCUT2D eigenvalue weighted by Gasteiger charge is -2.17. The number of nitrogens with zero attached hydrogens (tertiary/aromatic N) is 3. The van der Waals surface area contributed by atoms with Gasteiger partial charge in [-0.15, -0.1) is 0 Å². The standard InChI is InChI=1S/C18H16N4O4/c1-10-13(23)14(24)18(26-10)22-8-7-12-15(19-9-20-16(12)22)21-17(25)11-5-3-2-4-6-11/h2-9,13-14,18,23-24H,1H2,(H,19,20,21,25)/t13-,14-,18-/m1/s1. The Hall–Kier alpha value is -3.23. The molecule has 1 amide bonds. The summed E-state index contributed by atoms with van der Waals surface area (Å²) >= 11 is 0. The van der Waals surface area contributed by atoms with E-state index in [1.165, 1.54) is 6.33 Å². The first-order valence-corrected chi connectivity index (χ1v) is 7.96. The van der Waals surface area contributed by atoms with Crippen molar-refractivity contribution in [1.29, 1.82) is 0 Å². The van der Waals surface area contributed by atoms with Crippen LogP contribution in [0.3, 0.4) is 0 Å². The second-order valence-corrected chi connectivity index (χ2v) is 5.91. The van der Waals surface area contributed by atoms with E-state index < -0.39 is 18.4 Å². The predicted octanol–water partition coefficient (Wildman–Crippen LogP) is 1.45. The Labute approximate surface area is 148 Å². The smallest absolute Gasteiger partial charge is 0.256 e. The number of rotatable bonds is 3. The van der Waals surface area contributed by atoms with E-state index in [2.05, 4.69) is 21.9 Å². The quantitative estimate of drug-likeness (QED) is 0.658. The number of carbonyl (C=O) groups is 1. The third-order valence-electron chi connectivity index (χ3n) is 4.27. The molecule has 1 aromatic carbocycles. The zero-order valence-electron chi connectivity index (χ0n) is 13.6. The lowest BCUT2D eigenvalue weighted by atomic mass is 10.2. The molecule has 3 heterocycles. The fraction of sp³-hybridized carbons (Fsp3) is 0.167. The van der Waals surface area contributed by atoms with Crippen molar-refractivity contribution in [1.82, 2.24) is 14.5 Å². The molecule has 0 radical (unpaired) electrons. The molecule has 8 heteroatoms. The van der Waals surface area contributed by atoms with Crippen molar-refractivity contribution in [2.24, 2.45) is 0 Å². The van der Waals surface area contributed by atoms with Crippen LogP contribution in [0.5, 0.6) is 0 Å². The summed E-state index contributed by atoms with van der Waals surface area (Å²) < 4.78 is 7.02. The van der Waals surface area contributed by atoms with Crippen molar-refractivity contribution in [2.45, 2.75) is 18.4 Å². The number of nitrogens with one attached hydrogen (secondary N) is 1. The van der Waals surface area contributed by atoms with E-state index in [9.17, 15) is 15.0 Å². The number of ether oxygens (including phenoxy) is 1. The van der Waals surface area contributed by atoms with Crippen LogP contribution in [0.1, 0.15) is 16.6 Å². The fourth-order valence-corrected chi connectivity index (χ4v) is 2.91. The topological polar surface area (TPSA) is 110 Å². The molecule has 3 atom stereocenters. The fourth-order valence-electron chi connectivity index (χ4n) is 2.91. The average Bonchev–Trinajstić information content (AvgIpc) is 3.20. The predicted molar refractivity (Wildman–Crippen MR) is 93.2 cm³/mol. The molecule has 1 aliphatic rings. The summed E-state index contributed by atoms with van der Waals surface area (Å²) in [5.74, 6) is 0.143. The van der Waals surface area contributed by atoms with Crippen LogP contribution in [0.15, 0.2) is 61.3 Å². The molecule has 1 fully saturated rings. The molecule has 2 aromatic heterocycles. The molecule has 0 unspecified atom stereocenters. The Morgan fingerprint density at radius 2 is 1.96 bits per heavy atom. The maximum atomic E-state index is 12.4. The largest absolute Gasteiger partial charge is 0.469 e. The number of benzene rings is 1. The Bertz CT molecular complexity index is 985. The van der Waals surface area contributed by atoms with Gasteiger partial charge in [-0.3, -0.25) is 9.36 Å². The normalized spacial score (nSPS) is 22.4. The lowest BCUT2D eigenvalue weighted by molar-refractivity contribution is -0.0115. The van der Waals surface area contributed by atoms with E-state index in [1.807, 2.05) is 6.07 Å². The van der Waals surface area contributed by atoms with E-state index in [0.29, 0.717) is 22.4 Å². The minimum Gasteiger partial charge on any atom is -0.469 e. The molecule has 0 spiro atoms. The molecule has 4 rings (SSSR count). The molecule has 26 heavy (non-hydrogen) atoms. The van der Waals surface area contributed by atoms with E-state index in [1.54, 1.807) is 41.1 Å². The van der Waals surface area contributed by atoms with Crippen molar-refractivity contribution in [3.05, 3.63) is 66.8 Å². The molecule has 8 nitrogen and oxygen atoms in total. The third-order valence-corrected chi connectivity index (χ3v) is 4.27. The van der Waals surface area contributed by atoms with Gasteiger partial charge < -0.3 is 20.3 Å². The lowest BCUT2D eigenvalue weighted by Crippen LogP contribution is -2.27. The van der Waals surface area contributed by atoms with Gasteiger partial charge in [-0.25, -0.2) is 9.97 Å². The first kappa shape index (κ1) is 16.2. The highest BCUT2D eigenvalue weighted by molar-refractivity contribution is 6.07. The summed E-state index contributed by atoms with van der Waals surface area (Å²) in [6, 6.07) is 10.5. The number of anilines is 1. The SMILES string of the molecule is C=C1O[C@@H](n2ccc3c(NC(=O)c4ccccc4)ncnc32)[C@H](O)[C@@H]1O. The Morgan fingerprint density at radius 3 is 2.65 bits per heavy atom. The van der Waals surface area contributed by atoms with Crippen molar-refractivity contribution >= 4 is 22.8 Å². The molecule has 1 aliphatic heterocycles. The summed E-state index contributed by atoms with van der Waals surface area (Å²) in [5, 5.41) is 23.3. The van der Waals surface area contributed by atoms with E-state index in [-0.39, 0.29) is 11.7 Å². The molecular formula is C18H16N4O4. The summed E-state index contributed by atoms with van der Waals surface area (Å²) in [7, 11) is 0.